The van der Waals surface area contributed by atoms with Crippen molar-refractivity contribution in [3.63, 3.8) is 0 Å². The monoisotopic (exact) mass is 339 g/mol. The fourth-order valence-electron chi connectivity index (χ4n) is 3.60. The van der Waals surface area contributed by atoms with Crippen molar-refractivity contribution in [1.29, 1.82) is 0 Å². The Hall–Kier alpha value is -2.41. The Morgan fingerprint density at radius 1 is 1.46 bits per heavy atom. The summed E-state index contributed by atoms with van der Waals surface area (Å²) in [6, 6.07) is 3.82. The second-order valence-electron chi connectivity index (χ2n) is 6.28. The number of furan rings is 1. The third kappa shape index (κ3) is 2.04. The Morgan fingerprint density at radius 2 is 2.42 bits per heavy atom. The first-order valence-corrected chi connectivity index (χ1v) is 9.04. The van der Waals surface area contributed by atoms with Gasteiger partial charge in [-0.3, -0.25) is 0 Å². The van der Waals surface area contributed by atoms with Gasteiger partial charge in [-0.25, -0.2) is 9.97 Å². The molecule has 4 aromatic heterocycles. The SMILES string of the molecule is C[C@H]1CCCc2sc3nc(NCc4ccco4)n4ncnc4c3c21. The molecule has 1 aliphatic rings. The number of fused-ring (bicyclic) bond motifs is 5. The summed E-state index contributed by atoms with van der Waals surface area (Å²) in [7, 11) is 0. The van der Waals surface area contributed by atoms with Crippen molar-refractivity contribution < 1.29 is 4.42 Å². The molecule has 0 unspecified atom stereocenters. The summed E-state index contributed by atoms with van der Waals surface area (Å²) in [4.78, 5) is 11.9. The van der Waals surface area contributed by atoms with Gasteiger partial charge in [-0.2, -0.15) is 9.61 Å². The van der Waals surface area contributed by atoms with Crippen LogP contribution in [-0.2, 0) is 13.0 Å². The molecule has 0 bridgehead atoms. The standard InChI is InChI=1S/C17H17N5OS/c1-10-4-2-6-12-13(10)14-15-19-9-20-22(15)17(21-16(14)24-12)18-8-11-5-3-7-23-11/h3,5,7,9-10H,2,4,6,8H2,1H3,(H,18,21)/t10-/m0/s1. The van der Waals surface area contributed by atoms with Crippen LogP contribution in [0.5, 0.6) is 0 Å². The van der Waals surface area contributed by atoms with E-state index in [2.05, 4.69) is 22.3 Å². The lowest BCUT2D eigenvalue weighted by molar-refractivity contribution is 0.517. The van der Waals surface area contributed by atoms with Crippen molar-refractivity contribution in [2.45, 2.75) is 38.6 Å². The number of aryl methyl sites for hydroxylation is 1. The van der Waals surface area contributed by atoms with E-state index in [0.717, 1.165) is 22.7 Å². The van der Waals surface area contributed by atoms with E-state index in [1.54, 1.807) is 28.4 Å². The summed E-state index contributed by atoms with van der Waals surface area (Å²) in [5, 5.41) is 8.88. The summed E-state index contributed by atoms with van der Waals surface area (Å²) >= 11 is 1.80. The van der Waals surface area contributed by atoms with Crippen LogP contribution in [0.4, 0.5) is 5.95 Å². The van der Waals surface area contributed by atoms with Crippen LogP contribution in [-0.4, -0.2) is 19.6 Å². The molecule has 7 heteroatoms. The van der Waals surface area contributed by atoms with Gasteiger partial charge in [-0.15, -0.1) is 11.3 Å². The molecule has 122 valence electrons. The van der Waals surface area contributed by atoms with Crippen molar-refractivity contribution >= 4 is 33.1 Å². The van der Waals surface area contributed by atoms with Crippen molar-refractivity contribution in [2.75, 3.05) is 5.32 Å². The zero-order valence-electron chi connectivity index (χ0n) is 13.3. The van der Waals surface area contributed by atoms with Crippen LogP contribution in [0.15, 0.2) is 29.1 Å². The van der Waals surface area contributed by atoms with Crippen molar-refractivity contribution in [1.82, 2.24) is 19.6 Å². The average molecular weight is 339 g/mol. The fourth-order valence-corrected chi connectivity index (χ4v) is 4.92. The van der Waals surface area contributed by atoms with Crippen LogP contribution >= 0.6 is 11.3 Å². The number of aromatic nitrogens is 4. The van der Waals surface area contributed by atoms with Crippen LogP contribution in [0, 0.1) is 0 Å². The van der Waals surface area contributed by atoms with Crippen LogP contribution in [0.3, 0.4) is 0 Å². The van der Waals surface area contributed by atoms with Gasteiger partial charge in [0.05, 0.1) is 18.2 Å². The molecule has 4 heterocycles. The number of rotatable bonds is 3. The molecule has 5 rings (SSSR count). The van der Waals surface area contributed by atoms with E-state index in [-0.39, 0.29) is 0 Å². The molecule has 6 nitrogen and oxygen atoms in total. The van der Waals surface area contributed by atoms with Gasteiger partial charge in [-0.1, -0.05) is 6.92 Å². The van der Waals surface area contributed by atoms with Gasteiger partial charge in [0.2, 0.25) is 5.95 Å². The summed E-state index contributed by atoms with van der Waals surface area (Å²) in [6.45, 7) is 2.88. The predicted octanol–water partition coefficient (Wildman–Crippen LogP) is 3.98. The number of thiophene rings is 1. The van der Waals surface area contributed by atoms with E-state index in [0.29, 0.717) is 18.4 Å². The second kappa shape index (κ2) is 5.31. The first kappa shape index (κ1) is 14.0. The lowest BCUT2D eigenvalue weighted by atomic mass is 9.87. The number of nitrogens with one attached hydrogen (secondary N) is 1. The molecule has 0 fully saturated rings. The summed E-state index contributed by atoms with van der Waals surface area (Å²) in [6.07, 6.45) is 6.92. The van der Waals surface area contributed by atoms with E-state index in [1.165, 1.54) is 28.7 Å². The Labute approximate surface area is 142 Å². The molecule has 1 atom stereocenters. The number of hydrogen-bond donors (Lipinski definition) is 1. The summed E-state index contributed by atoms with van der Waals surface area (Å²) < 4.78 is 7.19. The molecule has 24 heavy (non-hydrogen) atoms. The third-order valence-electron chi connectivity index (χ3n) is 4.72. The van der Waals surface area contributed by atoms with Gasteiger partial charge in [0.15, 0.2) is 5.65 Å². The van der Waals surface area contributed by atoms with E-state index in [4.69, 9.17) is 9.40 Å². The Balaban J connectivity index is 1.67. The van der Waals surface area contributed by atoms with Gasteiger partial charge in [0, 0.05) is 4.88 Å². The van der Waals surface area contributed by atoms with Crippen LogP contribution < -0.4 is 5.32 Å². The van der Waals surface area contributed by atoms with E-state index in [1.807, 2.05) is 12.1 Å². The lowest BCUT2D eigenvalue weighted by Crippen LogP contribution is -2.08. The maximum absolute atomic E-state index is 5.38. The van der Waals surface area contributed by atoms with Gasteiger partial charge >= 0.3 is 0 Å². The molecule has 0 aliphatic heterocycles. The van der Waals surface area contributed by atoms with Crippen molar-refractivity contribution in [2.24, 2.45) is 0 Å². The van der Waals surface area contributed by atoms with Gasteiger partial charge in [0.25, 0.3) is 0 Å². The molecule has 4 aromatic rings. The molecule has 0 saturated heterocycles. The molecular weight excluding hydrogens is 322 g/mol. The maximum Gasteiger partial charge on any atom is 0.227 e. The number of anilines is 1. The smallest absolute Gasteiger partial charge is 0.227 e. The van der Waals surface area contributed by atoms with E-state index >= 15 is 0 Å². The van der Waals surface area contributed by atoms with Gasteiger partial charge < -0.3 is 9.73 Å². The Morgan fingerprint density at radius 3 is 3.29 bits per heavy atom. The normalized spacial score (nSPS) is 17.5. The fraction of sp³-hybridized carbons (Fsp3) is 0.353. The van der Waals surface area contributed by atoms with E-state index < -0.39 is 0 Å². The van der Waals surface area contributed by atoms with Gasteiger partial charge in [-0.05, 0) is 42.9 Å². The topological polar surface area (TPSA) is 68.2 Å². The highest BCUT2D eigenvalue weighted by Crippen LogP contribution is 2.43. The minimum atomic E-state index is 0.562. The number of nitrogens with zero attached hydrogens (tertiary/aromatic N) is 4. The Kier molecular flexibility index (Phi) is 3.09. The quantitative estimate of drug-likeness (QED) is 0.611. The lowest BCUT2D eigenvalue weighted by Gasteiger charge is -2.18. The molecule has 1 aliphatic carbocycles. The van der Waals surface area contributed by atoms with Crippen LogP contribution in [0.1, 0.15) is 41.9 Å². The largest absolute Gasteiger partial charge is 0.467 e. The highest BCUT2D eigenvalue weighted by Gasteiger charge is 2.25. The molecule has 0 saturated carbocycles. The average Bonchev–Trinajstić information content (AvgIpc) is 3.30. The summed E-state index contributed by atoms with van der Waals surface area (Å²) in [5.41, 5.74) is 2.33. The van der Waals surface area contributed by atoms with Crippen LogP contribution in [0.2, 0.25) is 0 Å². The zero-order valence-corrected chi connectivity index (χ0v) is 14.1. The molecule has 0 spiro atoms. The second-order valence-corrected chi connectivity index (χ2v) is 7.36. The highest BCUT2D eigenvalue weighted by molar-refractivity contribution is 7.19. The summed E-state index contributed by atoms with van der Waals surface area (Å²) in [5.74, 6) is 2.13. The molecule has 0 aromatic carbocycles. The zero-order chi connectivity index (χ0) is 16.1. The van der Waals surface area contributed by atoms with E-state index in [9.17, 15) is 0 Å². The minimum Gasteiger partial charge on any atom is -0.467 e. The highest BCUT2D eigenvalue weighted by atomic mass is 32.1. The molecule has 1 N–H and O–H groups in total. The first-order chi connectivity index (χ1) is 11.8. The molecular formula is C17H17N5OS. The maximum atomic E-state index is 5.38. The van der Waals surface area contributed by atoms with Crippen molar-refractivity contribution in [3.8, 4) is 0 Å². The molecule has 0 amide bonds. The minimum absolute atomic E-state index is 0.562. The predicted molar refractivity (Wildman–Crippen MR) is 93.6 cm³/mol. The number of hydrogen-bond acceptors (Lipinski definition) is 6. The molecule has 0 radical (unpaired) electrons. The third-order valence-corrected chi connectivity index (χ3v) is 5.88. The van der Waals surface area contributed by atoms with Crippen molar-refractivity contribution in [3.05, 3.63) is 40.9 Å². The van der Waals surface area contributed by atoms with Crippen LogP contribution in [0.25, 0.3) is 15.9 Å². The first-order valence-electron chi connectivity index (χ1n) is 8.22. The Bertz CT molecular complexity index is 1020. The van der Waals surface area contributed by atoms with Gasteiger partial charge in [0.1, 0.15) is 16.9 Å².